The third-order valence-corrected chi connectivity index (χ3v) is 4.66. The Morgan fingerprint density at radius 2 is 2.12 bits per heavy atom. The van der Waals surface area contributed by atoms with Crippen LogP contribution in [0.1, 0.15) is 23.9 Å². The maximum Gasteiger partial charge on any atom is 0.147 e. The maximum atomic E-state index is 9.43. The van der Waals surface area contributed by atoms with E-state index in [1.165, 1.54) is 0 Å². The summed E-state index contributed by atoms with van der Waals surface area (Å²) in [6, 6.07) is 9.62. The third-order valence-electron chi connectivity index (χ3n) is 4.66. The Hall–Kier alpha value is -3.24. The first kappa shape index (κ1) is 16.2. The molecule has 3 aromatic heterocycles. The second kappa shape index (κ2) is 6.94. The largest absolute Gasteiger partial charge is 0.380 e. The number of rotatable bonds is 4. The summed E-state index contributed by atoms with van der Waals surface area (Å²) < 4.78 is 5.58. The number of hydrogen-bond donors (Lipinski definition) is 1. The van der Waals surface area contributed by atoms with Gasteiger partial charge in [0.05, 0.1) is 29.6 Å². The molecule has 0 bridgehead atoms. The Morgan fingerprint density at radius 3 is 2.88 bits per heavy atom. The highest BCUT2D eigenvalue weighted by Crippen LogP contribution is 2.37. The maximum absolute atomic E-state index is 9.43. The number of aromatic amines is 1. The molecule has 26 heavy (non-hydrogen) atoms. The fraction of sp³-hybridized carbons (Fsp3) is 0.263. The van der Waals surface area contributed by atoms with E-state index in [1.807, 2.05) is 18.3 Å². The number of aromatic nitrogens is 4. The van der Waals surface area contributed by atoms with Crippen molar-refractivity contribution in [1.29, 1.82) is 5.26 Å². The predicted octanol–water partition coefficient (Wildman–Crippen LogP) is 2.70. The lowest BCUT2D eigenvalue weighted by Gasteiger charge is -2.24. The highest BCUT2D eigenvalue weighted by Gasteiger charge is 2.37. The fourth-order valence-corrected chi connectivity index (χ4v) is 3.35. The molecule has 130 valence electrons. The van der Waals surface area contributed by atoms with Gasteiger partial charge in [-0.25, -0.2) is 9.97 Å². The first-order valence-electron chi connectivity index (χ1n) is 8.40. The Balaban J connectivity index is 1.70. The summed E-state index contributed by atoms with van der Waals surface area (Å²) in [7, 11) is 1.71. The quantitative estimate of drug-likeness (QED) is 0.781. The van der Waals surface area contributed by atoms with Crippen molar-refractivity contribution in [2.24, 2.45) is 0 Å². The summed E-state index contributed by atoms with van der Waals surface area (Å²) >= 11 is 0. The van der Waals surface area contributed by atoms with Crippen molar-refractivity contribution in [3.63, 3.8) is 0 Å². The average molecular weight is 346 g/mol. The van der Waals surface area contributed by atoms with E-state index in [9.17, 15) is 5.26 Å². The number of H-pyrrole nitrogens is 1. The van der Waals surface area contributed by atoms with Gasteiger partial charge in [-0.3, -0.25) is 4.98 Å². The lowest BCUT2D eigenvalue weighted by molar-refractivity contribution is 0.118. The molecule has 0 radical (unpaired) electrons. The van der Waals surface area contributed by atoms with Crippen molar-refractivity contribution in [2.75, 3.05) is 18.6 Å². The fourth-order valence-electron chi connectivity index (χ4n) is 3.35. The monoisotopic (exact) mass is 346 g/mol. The van der Waals surface area contributed by atoms with E-state index in [2.05, 4.69) is 30.9 Å². The summed E-state index contributed by atoms with van der Waals surface area (Å²) in [4.78, 5) is 18.7. The standard InChI is InChI=1S/C19H18N6O/c1-26-15-8-17(25(12-15)19-13(9-20)4-3-7-22-19)18-23-11-16(24-18)14-5-2-6-21-10-14/h2-7,10-11,15,17H,8,12H2,1H3,(H,23,24)/t15-,17+/m1/s1. The SMILES string of the molecule is CO[C@@H]1C[C@@H](c2ncc(-c3cccnc3)[nH]2)N(c2ncccc2C#N)C1. The zero-order valence-corrected chi connectivity index (χ0v) is 14.3. The van der Waals surface area contributed by atoms with E-state index in [1.54, 1.807) is 37.8 Å². The van der Waals surface area contributed by atoms with Crippen molar-refractivity contribution in [3.8, 4) is 17.3 Å². The van der Waals surface area contributed by atoms with Crippen LogP contribution in [0.3, 0.4) is 0 Å². The first-order valence-corrected chi connectivity index (χ1v) is 8.40. The number of nitriles is 1. The van der Waals surface area contributed by atoms with Gasteiger partial charge < -0.3 is 14.6 Å². The van der Waals surface area contributed by atoms with E-state index in [-0.39, 0.29) is 12.1 Å². The van der Waals surface area contributed by atoms with Gasteiger partial charge in [-0.15, -0.1) is 0 Å². The van der Waals surface area contributed by atoms with E-state index in [0.717, 1.165) is 23.5 Å². The van der Waals surface area contributed by atoms with Gasteiger partial charge >= 0.3 is 0 Å². The van der Waals surface area contributed by atoms with Crippen LogP contribution in [0.15, 0.2) is 49.1 Å². The van der Waals surface area contributed by atoms with Crippen molar-refractivity contribution in [3.05, 3.63) is 60.4 Å². The number of imidazole rings is 1. The number of methoxy groups -OCH3 is 1. The minimum Gasteiger partial charge on any atom is -0.380 e. The zero-order valence-electron chi connectivity index (χ0n) is 14.3. The topological polar surface area (TPSA) is 90.7 Å². The van der Waals surface area contributed by atoms with Crippen LogP contribution in [0, 0.1) is 11.3 Å². The second-order valence-corrected chi connectivity index (χ2v) is 6.17. The van der Waals surface area contributed by atoms with Crippen LogP contribution in [-0.2, 0) is 4.74 Å². The summed E-state index contributed by atoms with van der Waals surface area (Å²) in [5.74, 6) is 1.50. The van der Waals surface area contributed by atoms with E-state index in [0.29, 0.717) is 17.9 Å². The summed E-state index contributed by atoms with van der Waals surface area (Å²) in [6.45, 7) is 0.662. The van der Waals surface area contributed by atoms with Crippen molar-refractivity contribution < 1.29 is 4.74 Å². The highest BCUT2D eigenvalue weighted by molar-refractivity contribution is 5.58. The van der Waals surface area contributed by atoms with Crippen LogP contribution in [0.5, 0.6) is 0 Å². The minimum absolute atomic E-state index is 0.0348. The molecule has 0 spiro atoms. The number of nitrogens with zero attached hydrogens (tertiary/aromatic N) is 5. The van der Waals surface area contributed by atoms with E-state index < -0.39 is 0 Å². The Bertz CT molecular complexity index is 932. The molecule has 1 fully saturated rings. The molecule has 0 amide bonds. The van der Waals surface area contributed by atoms with Crippen molar-refractivity contribution >= 4 is 5.82 Å². The Morgan fingerprint density at radius 1 is 1.23 bits per heavy atom. The van der Waals surface area contributed by atoms with Gasteiger partial charge in [-0.05, 0) is 24.3 Å². The minimum atomic E-state index is -0.0348. The summed E-state index contributed by atoms with van der Waals surface area (Å²) in [6.07, 6.45) is 7.89. The molecule has 0 saturated carbocycles. The first-order chi connectivity index (χ1) is 12.8. The lowest BCUT2D eigenvalue weighted by atomic mass is 10.1. The normalized spacial score (nSPS) is 19.5. The van der Waals surface area contributed by atoms with Crippen LogP contribution in [0.25, 0.3) is 11.3 Å². The molecular weight excluding hydrogens is 328 g/mol. The molecular formula is C19H18N6O. The molecule has 1 aliphatic heterocycles. The number of nitrogens with one attached hydrogen (secondary N) is 1. The Kier molecular flexibility index (Phi) is 4.33. The van der Waals surface area contributed by atoms with Gasteiger partial charge in [0, 0.05) is 44.2 Å². The van der Waals surface area contributed by atoms with Crippen LogP contribution >= 0.6 is 0 Å². The van der Waals surface area contributed by atoms with Gasteiger partial charge in [-0.2, -0.15) is 5.26 Å². The molecule has 4 rings (SSSR count). The zero-order chi connectivity index (χ0) is 17.9. The van der Waals surface area contributed by atoms with E-state index in [4.69, 9.17) is 4.74 Å². The second-order valence-electron chi connectivity index (χ2n) is 6.17. The van der Waals surface area contributed by atoms with Crippen LogP contribution in [-0.4, -0.2) is 39.7 Å². The molecule has 4 heterocycles. The molecule has 7 nitrogen and oxygen atoms in total. The molecule has 0 unspecified atom stereocenters. The van der Waals surface area contributed by atoms with Crippen LogP contribution in [0.2, 0.25) is 0 Å². The Labute approximate surface area is 151 Å². The van der Waals surface area contributed by atoms with Gasteiger partial charge in [0.2, 0.25) is 0 Å². The average Bonchev–Trinajstić information content (AvgIpc) is 3.35. The van der Waals surface area contributed by atoms with Gasteiger partial charge in [0.25, 0.3) is 0 Å². The molecule has 1 saturated heterocycles. The number of hydrogen-bond acceptors (Lipinski definition) is 6. The summed E-state index contributed by atoms with van der Waals surface area (Å²) in [5, 5.41) is 9.43. The van der Waals surface area contributed by atoms with Gasteiger partial charge in [0.1, 0.15) is 17.7 Å². The molecule has 0 aliphatic carbocycles. The van der Waals surface area contributed by atoms with Crippen LogP contribution in [0.4, 0.5) is 5.82 Å². The smallest absolute Gasteiger partial charge is 0.147 e. The highest BCUT2D eigenvalue weighted by atomic mass is 16.5. The molecule has 1 N–H and O–H groups in total. The summed E-state index contributed by atoms with van der Waals surface area (Å²) in [5.41, 5.74) is 2.44. The van der Waals surface area contributed by atoms with Crippen molar-refractivity contribution in [2.45, 2.75) is 18.6 Å². The number of anilines is 1. The molecule has 7 heteroatoms. The van der Waals surface area contributed by atoms with Crippen LogP contribution < -0.4 is 4.90 Å². The third kappa shape index (κ3) is 2.91. The van der Waals surface area contributed by atoms with Gasteiger partial charge in [-0.1, -0.05) is 0 Å². The molecule has 2 atom stereocenters. The van der Waals surface area contributed by atoms with Gasteiger partial charge in [0.15, 0.2) is 0 Å². The van der Waals surface area contributed by atoms with E-state index >= 15 is 0 Å². The number of pyridine rings is 2. The predicted molar refractivity (Wildman–Crippen MR) is 96.3 cm³/mol. The lowest BCUT2D eigenvalue weighted by Crippen LogP contribution is -2.27. The number of ether oxygens (including phenoxy) is 1. The molecule has 1 aliphatic rings. The van der Waals surface area contributed by atoms with Crippen molar-refractivity contribution in [1.82, 2.24) is 19.9 Å². The molecule has 0 aromatic carbocycles. The molecule has 3 aromatic rings.